The van der Waals surface area contributed by atoms with Crippen LogP contribution in [0.5, 0.6) is 0 Å². The van der Waals surface area contributed by atoms with Crippen LogP contribution in [0.15, 0.2) is 36.5 Å². The quantitative estimate of drug-likeness (QED) is 0.746. The Morgan fingerprint density at radius 1 is 1.53 bits per heavy atom. The minimum absolute atomic E-state index is 0.262. The van der Waals surface area contributed by atoms with Crippen LogP contribution >= 0.6 is 0 Å². The SMILES string of the molecule is CC(N/C=C/C(=O)O)c1ccccc1F. The second kappa shape index (κ2) is 5.14. The van der Waals surface area contributed by atoms with E-state index in [2.05, 4.69) is 5.32 Å². The predicted octanol–water partition coefficient (Wildman–Crippen LogP) is 2.07. The van der Waals surface area contributed by atoms with Gasteiger partial charge in [-0.2, -0.15) is 0 Å². The summed E-state index contributed by atoms with van der Waals surface area (Å²) in [7, 11) is 0. The van der Waals surface area contributed by atoms with Crippen LogP contribution in [-0.4, -0.2) is 11.1 Å². The first-order chi connectivity index (χ1) is 7.11. The molecular formula is C11H12FNO2. The van der Waals surface area contributed by atoms with E-state index in [1.165, 1.54) is 12.3 Å². The zero-order chi connectivity index (χ0) is 11.3. The highest BCUT2D eigenvalue weighted by molar-refractivity contribution is 5.79. The molecule has 80 valence electrons. The normalized spacial score (nSPS) is 12.7. The van der Waals surface area contributed by atoms with Crippen LogP contribution in [0, 0.1) is 5.82 Å². The van der Waals surface area contributed by atoms with Crippen molar-refractivity contribution in [3.8, 4) is 0 Å². The average molecular weight is 209 g/mol. The first-order valence-electron chi connectivity index (χ1n) is 4.51. The van der Waals surface area contributed by atoms with E-state index >= 15 is 0 Å². The summed E-state index contributed by atoms with van der Waals surface area (Å²) < 4.78 is 13.2. The number of carboxylic acids is 1. The van der Waals surface area contributed by atoms with Gasteiger partial charge in [0.25, 0.3) is 0 Å². The molecule has 1 unspecified atom stereocenters. The van der Waals surface area contributed by atoms with Gasteiger partial charge in [0.15, 0.2) is 0 Å². The Bertz CT molecular complexity index is 377. The third-order valence-electron chi connectivity index (χ3n) is 1.94. The number of hydrogen-bond donors (Lipinski definition) is 2. The molecule has 2 N–H and O–H groups in total. The highest BCUT2D eigenvalue weighted by Gasteiger charge is 2.07. The fourth-order valence-corrected chi connectivity index (χ4v) is 1.18. The first-order valence-corrected chi connectivity index (χ1v) is 4.51. The van der Waals surface area contributed by atoms with Gasteiger partial charge in [-0.05, 0) is 13.0 Å². The monoisotopic (exact) mass is 209 g/mol. The van der Waals surface area contributed by atoms with E-state index in [0.29, 0.717) is 5.56 Å². The summed E-state index contributed by atoms with van der Waals surface area (Å²) in [6.07, 6.45) is 2.26. The lowest BCUT2D eigenvalue weighted by molar-refractivity contribution is -0.131. The molecule has 1 atom stereocenters. The lowest BCUT2D eigenvalue weighted by atomic mass is 10.1. The van der Waals surface area contributed by atoms with Gasteiger partial charge in [0.2, 0.25) is 0 Å². The van der Waals surface area contributed by atoms with Crippen molar-refractivity contribution in [1.82, 2.24) is 5.32 Å². The van der Waals surface area contributed by atoms with Crippen molar-refractivity contribution in [1.29, 1.82) is 0 Å². The highest BCUT2D eigenvalue weighted by Crippen LogP contribution is 2.15. The number of benzene rings is 1. The van der Waals surface area contributed by atoms with E-state index in [1.807, 2.05) is 0 Å². The predicted molar refractivity (Wildman–Crippen MR) is 54.7 cm³/mol. The highest BCUT2D eigenvalue weighted by atomic mass is 19.1. The van der Waals surface area contributed by atoms with E-state index in [4.69, 9.17) is 5.11 Å². The average Bonchev–Trinajstić information content (AvgIpc) is 2.17. The first kappa shape index (κ1) is 11.2. The molecule has 15 heavy (non-hydrogen) atoms. The summed E-state index contributed by atoms with van der Waals surface area (Å²) in [4.78, 5) is 10.2. The van der Waals surface area contributed by atoms with Gasteiger partial charge in [-0.15, -0.1) is 0 Å². The van der Waals surface area contributed by atoms with Crippen molar-refractivity contribution in [2.45, 2.75) is 13.0 Å². The Morgan fingerprint density at radius 3 is 2.80 bits per heavy atom. The molecule has 0 bridgehead atoms. The smallest absolute Gasteiger partial charge is 0.329 e. The summed E-state index contributed by atoms with van der Waals surface area (Å²) >= 11 is 0. The molecule has 0 aliphatic heterocycles. The van der Waals surface area contributed by atoms with E-state index in [9.17, 15) is 9.18 Å². The van der Waals surface area contributed by atoms with E-state index in [-0.39, 0.29) is 11.9 Å². The summed E-state index contributed by atoms with van der Waals surface area (Å²) in [5.74, 6) is -1.34. The molecule has 0 radical (unpaired) electrons. The molecule has 0 saturated carbocycles. The molecule has 1 aromatic rings. The molecule has 0 spiro atoms. The molecule has 1 aromatic carbocycles. The summed E-state index contributed by atoms with van der Waals surface area (Å²) in [5.41, 5.74) is 0.507. The van der Waals surface area contributed by atoms with Gasteiger partial charge in [0, 0.05) is 17.8 Å². The Hall–Kier alpha value is -1.84. The second-order valence-corrected chi connectivity index (χ2v) is 3.08. The van der Waals surface area contributed by atoms with Gasteiger partial charge < -0.3 is 10.4 Å². The third kappa shape index (κ3) is 3.42. The van der Waals surface area contributed by atoms with Crippen molar-refractivity contribution >= 4 is 5.97 Å². The maximum absolute atomic E-state index is 13.2. The van der Waals surface area contributed by atoms with Crippen molar-refractivity contribution < 1.29 is 14.3 Å². The maximum Gasteiger partial charge on any atom is 0.329 e. The molecule has 4 heteroatoms. The second-order valence-electron chi connectivity index (χ2n) is 3.08. The van der Waals surface area contributed by atoms with Crippen LogP contribution in [0.25, 0.3) is 0 Å². The van der Waals surface area contributed by atoms with Crippen LogP contribution in [-0.2, 0) is 4.79 Å². The molecule has 0 saturated heterocycles. The van der Waals surface area contributed by atoms with Crippen LogP contribution in [0.3, 0.4) is 0 Å². The van der Waals surface area contributed by atoms with E-state index < -0.39 is 5.97 Å². The van der Waals surface area contributed by atoms with Crippen LogP contribution in [0.2, 0.25) is 0 Å². The lowest BCUT2D eigenvalue weighted by Crippen LogP contribution is -2.13. The number of halogens is 1. The maximum atomic E-state index is 13.2. The van der Waals surface area contributed by atoms with E-state index in [1.54, 1.807) is 25.1 Å². The van der Waals surface area contributed by atoms with Gasteiger partial charge >= 0.3 is 5.97 Å². The molecule has 3 nitrogen and oxygen atoms in total. The molecule has 0 aliphatic carbocycles. The Kier molecular flexibility index (Phi) is 3.85. The number of aliphatic carboxylic acids is 1. The van der Waals surface area contributed by atoms with Crippen LogP contribution < -0.4 is 5.32 Å². The zero-order valence-electron chi connectivity index (χ0n) is 8.27. The largest absolute Gasteiger partial charge is 0.478 e. The van der Waals surface area contributed by atoms with Crippen molar-refractivity contribution in [2.24, 2.45) is 0 Å². The zero-order valence-corrected chi connectivity index (χ0v) is 8.27. The van der Waals surface area contributed by atoms with Crippen molar-refractivity contribution in [2.75, 3.05) is 0 Å². The van der Waals surface area contributed by atoms with Gasteiger partial charge in [0.05, 0.1) is 6.04 Å². The third-order valence-corrected chi connectivity index (χ3v) is 1.94. The lowest BCUT2D eigenvalue weighted by Gasteiger charge is -2.12. The number of hydrogen-bond acceptors (Lipinski definition) is 2. The molecule has 0 aliphatic rings. The summed E-state index contributed by atoms with van der Waals surface area (Å²) in [6, 6.07) is 6.11. The van der Waals surface area contributed by atoms with Crippen LogP contribution in [0.4, 0.5) is 4.39 Å². The molecule has 0 fully saturated rings. The standard InChI is InChI=1S/C11H12FNO2/c1-8(13-7-6-11(14)15)9-4-2-3-5-10(9)12/h2-8,13H,1H3,(H,14,15)/b7-6+. The number of nitrogens with one attached hydrogen (secondary N) is 1. The Balaban J connectivity index is 2.65. The van der Waals surface area contributed by atoms with Crippen LogP contribution in [0.1, 0.15) is 18.5 Å². The Labute approximate surface area is 87.2 Å². The number of carboxylic acid groups (broad SMARTS) is 1. The molecule has 1 rings (SSSR count). The summed E-state index contributed by atoms with van der Waals surface area (Å²) in [6.45, 7) is 1.75. The molecule has 0 amide bonds. The number of rotatable bonds is 4. The van der Waals surface area contributed by atoms with Gasteiger partial charge in [-0.3, -0.25) is 0 Å². The topological polar surface area (TPSA) is 49.3 Å². The minimum Gasteiger partial charge on any atom is -0.478 e. The van der Waals surface area contributed by atoms with Gasteiger partial charge in [-0.25, -0.2) is 9.18 Å². The fourth-order valence-electron chi connectivity index (χ4n) is 1.18. The van der Waals surface area contributed by atoms with Crippen molar-refractivity contribution in [3.63, 3.8) is 0 Å². The molecular weight excluding hydrogens is 197 g/mol. The molecule has 0 aromatic heterocycles. The van der Waals surface area contributed by atoms with E-state index in [0.717, 1.165) is 6.08 Å². The van der Waals surface area contributed by atoms with Crippen molar-refractivity contribution in [3.05, 3.63) is 47.9 Å². The minimum atomic E-state index is -1.04. The number of carbonyl (C=O) groups is 1. The van der Waals surface area contributed by atoms with Gasteiger partial charge in [-0.1, -0.05) is 18.2 Å². The van der Waals surface area contributed by atoms with Gasteiger partial charge in [0.1, 0.15) is 5.82 Å². The Morgan fingerprint density at radius 2 is 2.20 bits per heavy atom. The fraction of sp³-hybridized carbons (Fsp3) is 0.182. The summed E-state index contributed by atoms with van der Waals surface area (Å²) in [5, 5.41) is 11.1. The molecule has 0 heterocycles.